The molecule has 3 N–H and O–H groups in total. The predicted molar refractivity (Wildman–Crippen MR) is 165 cm³/mol. The third-order valence-electron chi connectivity index (χ3n) is 8.13. The Bertz CT molecular complexity index is 1850. The van der Waals surface area contributed by atoms with Crippen molar-refractivity contribution in [1.82, 2.24) is 34.3 Å². The van der Waals surface area contributed by atoms with Crippen LogP contribution in [0.15, 0.2) is 51.9 Å². The molecule has 1 aromatic carbocycles. The van der Waals surface area contributed by atoms with Gasteiger partial charge in [-0.05, 0) is 30.3 Å². The van der Waals surface area contributed by atoms with Crippen molar-refractivity contribution >= 4 is 44.7 Å². The number of nitrogens with one attached hydrogen (secondary N) is 1. The molecule has 1 amide bonds. The van der Waals surface area contributed by atoms with Gasteiger partial charge in [-0.3, -0.25) is 19.1 Å². The Balaban J connectivity index is 0.967. The number of aromatic nitrogens is 4. The van der Waals surface area contributed by atoms with Gasteiger partial charge >= 0.3 is 4.87 Å². The molecule has 15 heteroatoms. The molecule has 7 rings (SSSR count). The number of piperazine rings is 2. The van der Waals surface area contributed by atoms with E-state index in [0.29, 0.717) is 86.4 Å². The maximum atomic E-state index is 15.1. The van der Waals surface area contributed by atoms with E-state index in [4.69, 9.17) is 14.9 Å². The number of hydrogen-bond acceptors (Lipinski definition) is 11. The molecular formula is C29H32FN9O4S. The van der Waals surface area contributed by atoms with E-state index in [9.17, 15) is 9.59 Å². The van der Waals surface area contributed by atoms with Gasteiger partial charge in [0.05, 0.1) is 17.5 Å². The van der Waals surface area contributed by atoms with E-state index in [1.807, 2.05) is 17.0 Å². The molecule has 4 aromatic heterocycles. The lowest BCUT2D eigenvalue weighted by molar-refractivity contribution is -0.133. The van der Waals surface area contributed by atoms with E-state index in [2.05, 4.69) is 20.3 Å². The number of nitrogens with two attached hydrogens (primary N) is 1. The average Bonchev–Trinajstić information content (AvgIpc) is 3.79. The first-order valence-electron chi connectivity index (χ1n) is 14.6. The number of carbonyl (C=O) groups is 1. The minimum Gasteiger partial charge on any atom is -0.484 e. The maximum Gasteiger partial charge on any atom is 0.309 e. The van der Waals surface area contributed by atoms with Gasteiger partial charge in [-0.25, -0.2) is 4.39 Å². The Morgan fingerprint density at radius 1 is 1.09 bits per heavy atom. The summed E-state index contributed by atoms with van der Waals surface area (Å²) >= 11 is 1.12. The number of nitrogen functional groups attached to an aromatic ring is 1. The van der Waals surface area contributed by atoms with E-state index in [1.165, 1.54) is 10.6 Å². The number of nitrogens with zero attached hydrogens (tertiary/aromatic N) is 7. The molecule has 0 radical (unpaired) electrons. The second-order valence-corrected chi connectivity index (χ2v) is 11.8. The van der Waals surface area contributed by atoms with E-state index < -0.39 is 0 Å². The van der Waals surface area contributed by atoms with E-state index >= 15 is 4.39 Å². The summed E-state index contributed by atoms with van der Waals surface area (Å²) < 4.78 is 30.0. The van der Waals surface area contributed by atoms with E-state index in [0.717, 1.165) is 29.1 Å². The van der Waals surface area contributed by atoms with Crippen LogP contribution < -0.4 is 25.6 Å². The molecule has 0 saturated carbocycles. The third kappa shape index (κ3) is 5.49. The number of rotatable bonds is 8. The largest absolute Gasteiger partial charge is 0.484 e. The van der Waals surface area contributed by atoms with Crippen molar-refractivity contribution in [2.45, 2.75) is 6.54 Å². The van der Waals surface area contributed by atoms with Crippen molar-refractivity contribution in [2.24, 2.45) is 0 Å². The summed E-state index contributed by atoms with van der Waals surface area (Å²) in [7, 11) is 0. The Morgan fingerprint density at radius 2 is 1.91 bits per heavy atom. The number of thiazole rings is 1. The lowest BCUT2D eigenvalue weighted by Crippen LogP contribution is -2.48. The highest BCUT2D eigenvalue weighted by Gasteiger charge is 2.23. The Kier molecular flexibility index (Phi) is 7.66. The second kappa shape index (κ2) is 11.9. The summed E-state index contributed by atoms with van der Waals surface area (Å²) in [6, 6.07) is 10.2. The van der Waals surface area contributed by atoms with Crippen LogP contribution in [0.25, 0.3) is 27.3 Å². The zero-order valence-electron chi connectivity index (χ0n) is 23.9. The van der Waals surface area contributed by atoms with E-state index in [1.54, 1.807) is 33.9 Å². The summed E-state index contributed by atoms with van der Waals surface area (Å²) in [6.45, 7) is 6.50. The van der Waals surface area contributed by atoms with Gasteiger partial charge in [-0.1, -0.05) is 11.3 Å². The molecule has 0 atom stereocenters. The molecular weight excluding hydrogens is 589 g/mol. The quantitative estimate of drug-likeness (QED) is 0.263. The summed E-state index contributed by atoms with van der Waals surface area (Å²) in [5.41, 5.74) is 8.59. The minimum atomic E-state index is -0.382. The van der Waals surface area contributed by atoms with Crippen molar-refractivity contribution in [3.63, 3.8) is 0 Å². The van der Waals surface area contributed by atoms with Gasteiger partial charge in [0, 0.05) is 71.5 Å². The van der Waals surface area contributed by atoms with Crippen molar-refractivity contribution < 1.29 is 18.3 Å². The van der Waals surface area contributed by atoms with Crippen LogP contribution in [-0.4, -0.2) is 100 Å². The van der Waals surface area contributed by atoms with Gasteiger partial charge < -0.3 is 30.0 Å². The summed E-state index contributed by atoms with van der Waals surface area (Å²) in [4.78, 5) is 35.8. The molecule has 5 aromatic rings. The summed E-state index contributed by atoms with van der Waals surface area (Å²) in [6.07, 6.45) is 1.58. The number of carbonyl (C=O) groups excluding carboxylic acids is 1. The number of ether oxygens (including phenoxy) is 1. The molecule has 2 aliphatic rings. The van der Waals surface area contributed by atoms with Gasteiger partial charge in [0.1, 0.15) is 22.0 Å². The SMILES string of the molecule is Nc1nc2c(sc(=O)n2CCN2CCN(c3ccc(OCC(=O)N4CCNCC4)cc3F)CC2)c2cc(-c3ccco3)nn12. The zero-order chi connectivity index (χ0) is 30.2. The number of benzene rings is 1. The molecule has 2 fully saturated rings. The van der Waals surface area contributed by atoms with Crippen LogP contribution >= 0.6 is 11.3 Å². The highest BCUT2D eigenvalue weighted by Crippen LogP contribution is 2.29. The van der Waals surface area contributed by atoms with Crippen LogP contribution in [0.5, 0.6) is 5.75 Å². The smallest absolute Gasteiger partial charge is 0.309 e. The first-order chi connectivity index (χ1) is 21.4. The van der Waals surface area contributed by atoms with Crippen molar-refractivity contribution in [3.05, 3.63) is 58.1 Å². The van der Waals surface area contributed by atoms with Gasteiger partial charge in [0.2, 0.25) is 5.95 Å². The number of fused-ring (bicyclic) bond motifs is 3. The first-order valence-corrected chi connectivity index (χ1v) is 15.4. The summed E-state index contributed by atoms with van der Waals surface area (Å²) in [5, 5.41) is 7.71. The number of anilines is 2. The van der Waals surface area contributed by atoms with E-state index in [-0.39, 0.29) is 29.2 Å². The third-order valence-corrected chi connectivity index (χ3v) is 9.12. The number of halogens is 1. The molecule has 2 aliphatic heterocycles. The van der Waals surface area contributed by atoms with Crippen LogP contribution in [-0.2, 0) is 11.3 Å². The molecule has 2 saturated heterocycles. The molecule has 230 valence electrons. The number of furan rings is 1. The fraction of sp³-hybridized carbons (Fsp3) is 0.379. The highest BCUT2D eigenvalue weighted by atomic mass is 32.1. The molecule has 0 unspecified atom stereocenters. The Morgan fingerprint density at radius 3 is 2.66 bits per heavy atom. The minimum absolute atomic E-state index is 0.0987. The van der Waals surface area contributed by atoms with Crippen LogP contribution in [0.3, 0.4) is 0 Å². The topological polar surface area (TPSA) is 139 Å². The van der Waals surface area contributed by atoms with Crippen molar-refractivity contribution in [1.29, 1.82) is 0 Å². The zero-order valence-corrected chi connectivity index (χ0v) is 24.8. The Hall–Kier alpha value is -4.47. The normalized spacial score (nSPS) is 16.3. The molecule has 13 nitrogen and oxygen atoms in total. The van der Waals surface area contributed by atoms with Crippen molar-refractivity contribution in [3.8, 4) is 17.2 Å². The Labute approximate surface area is 255 Å². The summed E-state index contributed by atoms with van der Waals surface area (Å²) in [5.74, 6) is 0.649. The fourth-order valence-corrected chi connectivity index (χ4v) is 6.69. The second-order valence-electron chi connectivity index (χ2n) is 10.8. The lowest BCUT2D eigenvalue weighted by atomic mass is 10.2. The van der Waals surface area contributed by atoms with Crippen LogP contribution in [0.1, 0.15) is 0 Å². The van der Waals surface area contributed by atoms with Crippen LogP contribution in [0, 0.1) is 5.82 Å². The van der Waals surface area contributed by atoms with Gasteiger partial charge in [-0.2, -0.15) is 14.6 Å². The van der Waals surface area contributed by atoms with Gasteiger partial charge in [0.15, 0.2) is 18.0 Å². The number of amides is 1. The monoisotopic (exact) mass is 621 g/mol. The lowest BCUT2D eigenvalue weighted by Gasteiger charge is -2.36. The molecule has 6 heterocycles. The van der Waals surface area contributed by atoms with Gasteiger partial charge in [-0.15, -0.1) is 0 Å². The molecule has 44 heavy (non-hydrogen) atoms. The molecule has 0 bridgehead atoms. The highest BCUT2D eigenvalue weighted by molar-refractivity contribution is 7.17. The predicted octanol–water partition coefficient (Wildman–Crippen LogP) is 1.72. The maximum absolute atomic E-state index is 15.1. The van der Waals surface area contributed by atoms with Crippen molar-refractivity contribution in [2.75, 3.05) is 76.1 Å². The van der Waals surface area contributed by atoms with Gasteiger partial charge in [0.25, 0.3) is 5.91 Å². The number of hydrogen-bond donors (Lipinski definition) is 2. The molecule has 0 aliphatic carbocycles. The fourth-order valence-electron chi connectivity index (χ4n) is 5.73. The van der Waals surface area contributed by atoms with Crippen LogP contribution in [0.2, 0.25) is 0 Å². The standard InChI is InChI=1S/C29H32FN9O4S/c30-20-16-19(43-18-25(40)37-7-5-32-6-8-37)3-4-22(20)36-12-9-35(10-13-36)11-14-38-27-26(44-29(38)41)23-17-21(24-2-1-15-42-24)34-39(23)28(31)33-27/h1-4,15-17,32H,5-14,18H2,(H2,31,33). The molecule has 0 spiro atoms. The van der Waals surface area contributed by atoms with Crippen LogP contribution in [0.4, 0.5) is 16.0 Å². The first kappa shape index (κ1) is 28.3. The average molecular weight is 622 g/mol.